The highest BCUT2D eigenvalue weighted by Gasteiger charge is 2.37. The molecule has 0 bridgehead atoms. The van der Waals surface area contributed by atoms with E-state index in [0.29, 0.717) is 27.2 Å². The van der Waals surface area contributed by atoms with Gasteiger partial charge in [0.2, 0.25) is 5.91 Å². The molecule has 0 spiro atoms. The van der Waals surface area contributed by atoms with Gasteiger partial charge in [-0.05, 0) is 47.5 Å². The molecular formula is C20H15BrClF6NO3. The van der Waals surface area contributed by atoms with Crippen molar-refractivity contribution in [3.63, 3.8) is 0 Å². The topological polar surface area (TPSA) is 55.4 Å². The predicted octanol–water partition coefficient (Wildman–Crippen LogP) is 5.58. The molecule has 0 aliphatic heterocycles. The molecule has 0 fully saturated rings. The zero-order valence-corrected chi connectivity index (χ0v) is 18.5. The van der Waals surface area contributed by atoms with Crippen molar-refractivity contribution < 1.29 is 40.7 Å². The minimum Gasteiger partial charge on any atom is -0.467 e. The van der Waals surface area contributed by atoms with E-state index in [1.165, 1.54) is 6.07 Å². The highest BCUT2D eigenvalue weighted by Crippen LogP contribution is 2.36. The molecule has 0 radical (unpaired) electrons. The van der Waals surface area contributed by atoms with E-state index >= 15 is 0 Å². The number of halogens is 8. The van der Waals surface area contributed by atoms with Gasteiger partial charge in [-0.3, -0.25) is 4.79 Å². The average molecular weight is 547 g/mol. The Hall–Kier alpha value is -2.27. The van der Waals surface area contributed by atoms with Gasteiger partial charge in [0, 0.05) is 15.9 Å². The van der Waals surface area contributed by atoms with Crippen LogP contribution in [-0.4, -0.2) is 25.0 Å². The maximum atomic E-state index is 13.0. The van der Waals surface area contributed by atoms with Crippen LogP contribution in [0.2, 0.25) is 5.02 Å². The summed E-state index contributed by atoms with van der Waals surface area (Å²) in [6.07, 6.45) is -11.0. The molecule has 2 rings (SSSR count). The van der Waals surface area contributed by atoms with Gasteiger partial charge >= 0.3 is 18.3 Å². The van der Waals surface area contributed by atoms with Crippen LogP contribution in [0.5, 0.6) is 0 Å². The van der Waals surface area contributed by atoms with E-state index in [2.05, 4.69) is 26.0 Å². The third-order valence-electron chi connectivity index (χ3n) is 4.26. The molecule has 0 saturated heterocycles. The second-order valence-electron chi connectivity index (χ2n) is 6.67. The summed E-state index contributed by atoms with van der Waals surface area (Å²) in [6.45, 7) is 0. The fourth-order valence-electron chi connectivity index (χ4n) is 2.81. The zero-order chi connectivity index (χ0) is 24.3. The van der Waals surface area contributed by atoms with E-state index in [0.717, 1.165) is 7.11 Å². The van der Waals surface area contributed by atoms with Gasteiger partial charge in [-0.25, -0.2) is 4.79 Å². The molecule has 0 unspecified atom stereocenters. The van der Waals surface area contributed by atoms with Crippen molar-refractivity contribution in [1.29, 1.82) is 0 Å². The van der Waals surface area contributed by atoms with Gasteiger partial charge in [-0.2, -0.15) is 26.3 Å². The van der Waals surface area contributed by atoms with E-state index in [1.807, 2.05) is 0 Å². The van der Waals surface area contributed by atoms with Crippen LogP contribution in [0.3, 0.4) is 0 Å². The molecule has 4 nitrogen and oxygen atoms in total. The van der Waals surface area contributed by atoms with Crippen molar-refractivity contribution in [1.82, 2.24) is 5.32 Å². The Kier molecular flexibility index (Phi) is 8.22. The minimum absolute atomic E-state index is 0.0324. The highest BCUT2D eigenvalue weighted by molar-refractivity contribution is 9.10. The van der Waals surface area contributed by atoms with Crippen molar-refractivity contribution in [2.45, 2.75) is 31.2 Å². The van der Waals surface area contributed by atoms with Crippen molar-refractivity contribution in [3.8, 4) is 0 Å². The first-order chi connectivity index (χ1) is 14.7. The number of carbonyl (C=O) groups is 2. The molecule has 1 amide bonds. The number of esters is 1. The van der Waals surface area contributed by atoms with Gasteiger partial charge in [0.25, 0.3) is 0 Å². The molecule has 2 aromatic rings. The Labute approximate surface area is 192 Å². The predicted molar refractivity (Wildman–Crippen MR) is 107 cm³/mol. The summed E-state index contributed by atoms with van der Waals surface area (Å²) in [5.74, 6) is -1.82. The number of nitrogens with one attached hydrogen (secondary N) is 1. The number of methoxy groups -OCH3 is 1. The Morgan fingerprint density at radius 2 is 1.59 bits per heavy atom. The van der Waals surface area contributed by atoms with Crippen molar-refractivity contribution >= 4 is 39.4 Å². The van der Waals surface area contributed by atoms with Gasteiger partial charge in [0.1, 0.15) is 6.04 Å². The lowest BCUT2D eigenvalue weighted by molar-refractivity contribution is -0.145. The molecule has 0 saturated carbocycles. The summed E-state index contributed by atoms with van der Waals surface area (Å²) in [7, 11) is 1.07. The Bertz CT molecular complexity index is 978. The standard InChI is InChI=1S/C20H15BrClF6NO3/c1-32-18(31)16(8-11-7-14(22)2-3-15(11)21)29-17(30)6-10-4-12(19(23,24)25)9-13(5-10)20(26,27)28/h2-5,7,9,16H,6,8H2,1H3,(H,29,30)/t16-/m0/s1. The minimum atomic E-state index is -5.04. The monoisotopic (exact) mass is 545 g/mol. The maximum Gasteiger partial charge on any atom is 0.416 e. The van der Waals surface area contributed by atoms with Gasteiger partial charge in [-0.15, -0.1) is 0 Å². The molecular weight excluding hydrogens is 532 g/mol. The molecule has 0 heterocycles. The SMILES string of the molecule is COC(=O)[C@H](Cc1cc(Cl)ccc1Br)NC(=O)Cc1cc(C(F)(F)F)cc(C(F)(F)F)c1. The molecule has 32 heavy (non-hydrogen) atoms. The van der Waals surface area contributed by atoms with Crippen LogP contribution in [-0.2, 0) is 39.5 Å². The van der Waals surface area contributed by atoms with Crippen LogP contribution in [0.1, 0.15) is 22.3 Å². The van der Waals surface area contributed by atoms with Crippen molar-refractivity contribution in [2.75, 3.05) is 7.11 Å². The zero-order valence-electron chi connectivity index (χ0n) is 16.2. The van der Waals surface area contributed by atoms with Crippen LogP contribution in [0, 0.1) is 0 Å². The lowest BCUT2D eigenvalue weighted by atomic mass is 10.0. The third kappa shape index (κ3) is 7.13. The van der Waals surface area contributed by atoms with E-state index in [-0.39, 0.29) is 12.5 Å². The smallest absolute Gasteiger partial charge is 0.416 e. The van der Waals surface area contributed by atoms with E-state index in [4.69, 9.17) is 11.6 Å². The van der Waals surface area contributed by atoms with Crippen LogP contribution in [0.25, 0.3) is 0 Å². The summed E-state index contributed by atoms with van der Waals surface area (Å²) in [6, 6.07) is 4.33. The molecule has 12 heteroatoms. The highest BCUT2D eigenvalue weighted by atomic mass is 79.9. The van der Waals surface area contributed by atoms with E-state index in [1.54, 1.807) is 12.1 Å². The average Bonchev–Trinajstić information content (AvgIpc) is 2.67. The molecule has 2 aromatic carbocycles. The van der Waals surface area contributed by atoms with Gasteiger partial charge in [0.15, 0.2) is 0 Å². The first kappa shape index (κ1) is 26.0. The second kappa shape index (κ2) is 10.1. The third-order valence-corrected chi connectivity index (χ3v) is 5.27. The van der Waals surface area contributed by atoms with E-state index < -0.39 is 53.4 Å². The largest absolute Gasteiger partial charge is 0.467 e. The van der Waals surface area contributed by atoms with Gasteiger partial charge in [-0.1, -0.05) is 27.5 Å². The number of rotatable bonds is 6. The van der Waals surface area contributed by atoms with Gasteiger partial charge < -0.3 is 10.1 Å². The Balaban J connectivity index is 2.27. The lowest BCUT2D eigenvalue weighted by Gasteiger charge is -2.18. The van der Waals surface area contributed by atoms with Crippen LogP contribution in [0.15, 0.2) is 40.9 Å². The molecule has 174 valence electrons. The molecule has 1 atom stereocenters. The number of benzene rings is 2. The fourth-order valence-corrected chi connectivity index (χ4v) is 3.41. The summed E-state index contributed by atoms with van der Waals surface area (Å²) in [4.78, 5) is 24.5. The maximum absolute atomic E-state index is 13.0. The fraction of sp³-hybridized carbons (Fsp3) is 0.300. The number of hydrogen-bond donors (Lipinski definition) is 1. The summed E-state index contributed by atoms with van der Waals surface area (Å²) >= 11 is 9.19. The lowest BCUT2D eigenvalue weighted by Crippen LogP contribution is -2.43. The molecule has 1 N–H and O–H groups in total. The van der Waals surface area contributed by atoms with Crippen LogP contribution >= 0.6 is 27.5 Å². The van der Waals surface area contributed by atoms with Crippen LogP contribution in [0.4, 0.5) is 26.3 Å². The number of alkyl halides is 6. The Morgan fingerprint density at radius 3 is 2.09 bits per heavy atom. The quantitative estimate of drug-likeness (QED) is 0.380. The normalized spacial score (nSPS) is 12.9. The number of ether oxygens (including phenoxy) is 1. The molecule has 0 aliphatic rings. The number of carbonyl (C=O) groups excluding carboxylic acids is 2. The summed E-state index contributed by atoms with van der Waals surface area (Å²) in [5, 5.41) is 2.64. The van der Waals surface area contributed by atoms with Crippen molar-refractivity contribution in [2.24, 2.45) is 0 Å². The number of amides is 1. The first-order valence-electron chi connectivity index (χ1n) is 8.80. The van der Waals surface area contributed by atoms with E-state index in [9.17, 15) is 35.9 Å². The summed E-state index contributed by atoms with van der Waals surface area (Å²) in [5.41, 5.74) is -3.08. The van der Waals surface area contributed by atoms with Crippen LogP contribution < -0.4 is 5.32 Å². The summed E-state index contributed by atoms with van der Waals surface area (Å²) < 4.78 is 83.2. The number of hydrogen-bond acceptors (Lipinski definition) is 3. The van der Waals surface area contributed by atoms with Gasteiger partial charge in [0.05, 0.1) is 24.7 Å². The second-order valence-corrected chi connectivity index (χ2v) is 7.96. The molecule has 0 aromatic heterocycles. The van der Waals surface area contributed by atoms with Crippen molar-refractivity contribution in [3.05, 3.63) is 68.1 Å². The molecule has 0 aliphatic carbocycles. The first-order valence-corrected chi connectivity index (χ1v) is 9.97. The Morgan fingerprint density at radius 1 is 1.03 bits per heavy atom.